The first-order valence-corrected chi connectivity index (χ1v) is 8.77. The summed E-state index contributed by atoms with van der Waals surface area (Å²) >= 11 is 0. The Morgan fingerprint density at radius 3 is 2.68 bits per heavy atom. The molecule has 136 valence electrons. The first kappa shape index (κ1) is 17.6. The van der Waals surface area contributed by atoms with Crippen molar-refractivity contribution >= 4 is 11.9 Å². The van der Waals surface area contributed by atoms with Gasteiger partial charge in [-0.05, 0) is 50.3 Å². The number of hydrogen-bond acceptors (Lipinski definition) is 4. The molecule has 1 saturated heterocycles. The van der Waals surface area contributed by atoms with Crippen LogP contribution in [0, 0.1) is 11.3 Å². The molecule has 6 nitrogen and oxygen atoms in total. The highest BCUT2D eigenvalue weighted by atomic mass is 16.6. The highest BCUT2D eigenvalue weighted by molar-refractivity contribution is 5.79. The van der Waals surface area contributed by atoms with Crippen LogP contribution in [0.15, 0.2) is 18.2 Å². The van der Waals surface area contributed by atoms with E-state index in [1.807, 2.05) is 18.2 Å². The van der Waals surface area contributed by atoms with Gasteiger partial charge < -0.3 is 19.5 Å². The minimum absolute atomic E-state index is 0.0250. The van der Waals surface area contributed by atoms with Crippen LogP contribution in [0.5, 0.6) is 11.5 Å². The van der Waals surface area contributed by atoms with Gasteiger partial charge in [0.25, 0.3) is 0 Å². The molecule has 0 spiro atoms. The zero-order valence-electron chi connectivity index (χ0n) is 14.8. The molecule has 1 aromatic rings. The number of carbonyl (C=O) groups is 2. The van der Waals surface area contributed by atoms with Crippen LogP contribution in [-0.2, 0) is 16.0 Å². The second-order valence-electron chi connectivity index (χ2n) is 7.36. The molecule has 0 saturated carbocycles. The smallest absolute Gasteiger partial charge is 0.309 e. The van der Waals surface area contributed by atoms with Crippen LogP contribution in [0.3, 0.4) is 0 Å². The van der Waals surface area contributed by atoms with Crippen LogP contribution in [0.25, 0.3) is 0 Å². The SMILES string of the molecule is CC(C)(C(=O)O)[C@H]1CCCN(C(=O)Cc2ccc3c(c2)OCCO3)C1. The fraction of sp³-hybridized carbons (Fsp3) is 0.579. The van der Waals surface area contributed by atoms with Gasteiger partial charge in [-0.1, -0.05) is 6.07 Å². The normalized spacial score (nSPS) is 20.2. The Morgan fingerprint density at radius 2 is 1.96 bits per heavy atom. The minimum atomic E-state index is -0.823. The van der Waals surface area contributed by atoms with Gasteiger partial charge in [0.05, 0.1) is 11.8 Å². The van der Waals surface area contributed by atoms with Crippen LogP contribution in [-0.4, -0.2) is 48.2 Å². The number of ether oxygens (including phenoxy) is 2. The second kappa shape index (κ2) is 6.94. The molecule has 1 fully saturated rings. The average Bonchev–Trinajstić information content (AvgIpc) is 2.61. The second-order valence-corrected chi connectivity index (χ2v) is 7.36. The van der Waals surface area contributed by atoms with Gasteiger partial charge >= 0.3 is 5.97 Å². The average molecular weight is 347 g/mol. The maximum Gasteiger partial charge on any atom is 0.309 e. The Bertz CT molecular complexity index is 670. The Labute approximate surface area is 147 Å². The summed E-state index contributed by atoms with van der Waals surface area (Å²) in [6, 6.07) is 5.58. The fourth-order valence-electron chi connectivity index (χ4n) is 3.45. The largest absolute Gasteiger partial charge is 0.486 e. The third-order valence-electron chi connectivity index (χ3n) is 5.31. The first-order valence-electron chi connectivity index (χ1n) is 8.77. The van der Waals surface area contributed by atoms with Gasteiger partial charge in [-0.25, -0.2) is 0 Å². The summed E-state index contributed by atoms with van der Waals surface area (Å²) in [4.78, 5) is 26.0. The summed E-state index contributed by atoms with van der Waals surface area (Å²) in [6.45, 7) is 5.74. The molecule has 2 aliphatic heterocycles. The Kier molecular flexibility index (Phi) is 4.88. The molecule has 1 atom stereocenters. The van der Waals surface area contributed by atoms with Gasteiger partial charge in [0.15, 0.2) is 11.5 Å². The third-order valence-corrected chi connectivity index (χ3v) is 5.31. The molecule has 0 radical (unpaired) electrons. The number of fused-ring (bicyclic) bond motifs is 1. The summed E-state index contributed by atoms with van der Waals surface area (Å²) < 4.78 is 11.1. The molecule has 1 amide bonds. The lowest BCUT2D eigenvalue weighted by Gasteiger charge is -2.39. The van der Waals surface area contributed by atoms with Crippen molar-refractivity contribution in [1.82, 2.24) is 4.90 Å². The highest BCUT2D eigenvalue weighted by Gasteiger charge is 2.39. The molecule has 3 rings (SSSR count). The van der Waals surface area contributed by atoms with Gasteiger partial charge in [0.2, 0.25) is 5.91 Å². The Balaban J connectivity index is 1.66. The number of likely N-dealkylation sites (tertiary alicyclic amines) is 1. The standard InChI is InChI=1S/C19H25NO5/c1-19(2,18(22)23)14-4-3-7-20(12-14)17(21)11-13-5-6-15-16(10-13)25-9-8-24-15/h5-6,10,14H,3-4,7-9,11-12H2,1-2H3,(H,22,23)/t14-/m0/s1. The molecule has 0 unspecified atom stereocenters. The number of amides is 1. The van der Waals surface area contributed by atoms with E-state index in [2.05, 4.69) is 0 Å². The highest BCUT2D eigenvalue weighted by Crippen LogP contribution is 2.35. The molecule has 1 N–H and O–H groups in total. The lowest BCUT2D eigenvalue weighted by atomic mass is 9.74. The topological polar surface area (TPSA) is 76.1 Å². The number of rotatable bonds is 4. The van der Waals surface area contributed by atoms with Gasteiger partial charge in [-0.3, -0.25) is 9.59 Å². The van der Waals surface area contributed by atoms with Gasteiger partial charge in [0, 0.05) is 13.1 Å². The summed E-state index contributed by atoms with van der Waals surface area (Å²) in [5, 5.41) is 9.44. The van der Waals surface area contributed by atoms with Crippen LogP contribution in [0.1, 0.15) is 32.3 Å². The molecule has 6 heteroatoms. The van der Waals surface area contributed by atoms with Crippen LogP contribution in [0.4, 0.5) is 0 Å². The summed E-state index contributed by atoms with van der Waals surface area (Å²) in [5.41, 5.74) is 0.0597. The Hall–Kier alpha value is -2.24. The number of nitrogens with zero attached hydrogens (tertiary/aromatic N) is 1. The van der Waals surface area contributed by atoms with Crippen molar-refractivity contribution < 1.29 is 24.2 Å². The van der Waals surface area contributed by atoms with Gasteiger partial charge in [-0.2, -0.15) is 0 Å². The van der Waals surface area contributed by atoms with E-state index in [0.29, 0.717) is 37.8 Å². The van der Waals surface area contributed by atoms with E-state index in [4.69, 9.17) is 9.47 Å². The third kappa shape index (κ3) is 3.72. The predicted octanol–water partition coefficient (Wildman–Crippen LogP) is 2.35. The van der Waals surface area contributed by atoms with Crippen molar-refractivity contribution in [3.63, 3.8) is 0 Å². The monoisotopic (exact) mass is 347 g/mol. The molecule has 2 heterocycles. The van der Waals surface area contributed by atoms with Crippen LogP contribution >= 0.6 is 0 Å². The molecule has 1 aromatic carbocycles. The van der Waals surface area contributed by atoms with Crippen molar-refractivity contribution in [3.8, 4) is 11.5 Å². The van der Waals surface area contributed by atoms with Gasteiger partial charge in [-0.15, -0.1) is 0 Å². The van der Waals surface area contributed by atoms with E-state index < -0.39 is 11.4 Å². The first-order chi connectivity index (χ1) is 11.9. The Morgan fingerprint density at radius 1 is 1.24 bits per heavy atom. The minimum Gasteiger partial charge on any atom is -0.486 e. The number of benzene rings is 1. The number of carbonyl (C=O) groups excluding carboxylic acids is 1. The number of hydrogen-bond donors (Lipinski definition) is 1. The lowest BCUT2D eigenvalue weighted by molar-refractivity contribution is -0.153. The van der Waals surface area contributed by atoms with Crippen molar-refractivity contribution in [2.75, 3.05) is 26.3 Å². The molecular weight excluding hydrogens is 322 g/mol. The molecule has 0 aliphatic carbocycles. The number of carboxylic acid groups (broad SMARTS) is 1. The van der Waals surface area contributed by atoms with Crippen molar-refractivity contribution in [2.24, 2.45) is 11.3 Å². The molecule has 0 bridgehead atoms. The number of piperidine rings is 1. The molecule has 25 heavy (non-hydrogen) atoms. The van der Waals surface area contributed by atoms with E-state index in [0.717, 1.165) is 18.4 Å². The van der Waals surface area contributed by atoms with E-state index >= 15 is 0 Å². The summed E-state index contributed by atoms with van der Waals surface area (Å²) in [7, 11) is 0. The van der Waals surface area contributed by atoms with Crippen molar-refractivity contribution in [1.29, 1.82) is 0 Å². The van der Waals surface area contributed by atoms with Crippen LogP contribution < -0.4 is 9.47 Å². The van der Waals surface area contributed by atoms with Crippen molar-refractivity contribution in [2.45, 2.75) is 33.1 Å². The van der Waals surface area contributed by atoms with Crippen molar-refractivity contribution in [3.05, 3.63) is 23.8 Å². The quantitative estimate of drug-likeness (QED) is 0.905. The molecule has 0 aromatic heterocycles. The zero-order chi connectivity index (χ0) is 18.0. The van der Waals surface area contributed by atoms with Crippen LogP contribution in [0.2, 0.25) is 0 Å². The van der Waals surface area contributed by atoms with E-state index in [9.17, 15) is 14.7 Å². The summed E-state index contributed by atoms with van der Waals surface area (Å²) in [6.07, 6.45) is 1.97. The predicted molar refractivity (Wildman–Crippen MR) is 91.9 cm³/mol. The lowest BCUT2D eigenvalue weighted by Crippen LogP contribution is -2.47. The number of carboxylic acids is 1. The molecular formula is C19H25NO5. The van der Waals surface area contributed by atoms with E-state index in [1.54, 1.807) is 18.7 Å². The van der Waals surface area contributed by atoms with E-state index in [1.165, 1.54) is 0 Å². The summed E-state index contributed by atoms with van der Waals surface area (Å²) in [5.74, 6) is 0.591. The number of aliphatic carboxylic acids is 1. The zero-order valence-corrected chi connectivity index (χ0v) is 14.8. The maximum absolute atomic E-state index is 12.7. The van der Waals surface area contributed by atoms with E-state index in [-0.39, 0.29) is 18.2 Å². The maximum atomic E-state index is 12.7. The molecule has 2 aliphatic rings. The fourth-order valence-corrected chi connectivity index (χ4v) is 3.45. The van der Waals surface area contributed by atoms with Gasteiger partial charge in [0.1, 0.15) is 13.2 Å².